The van der Waals surface area contributed by atoms with E-state index in [1.165, 1.54) is 11.3 Å². The number of methoxy groups -OCH3 is 1. The van der Waals surface area contributed by atoms with Crippen molar-refractivity contribution >= 4 is 11.9 Å². The third-order valence-corrected chi connectivity index (χ3v) is 5.22. The van der Waals surface area contributed by atoms with Crippen LogP contribution in [0.4, 0.5) is 13.2 Å². The Morgan fingerprint density at radius 2 is 2.03 bits per heavy atom. The summed E-state index contributed by atoms with van der Waals surface area (Å²) in [6, 6.07) is 4.63. The Hall–Kier alpha value is -2.86. The van der Waals surface area contributed by atoms with Gasteiger partial charge in [0, 0.05) is 75.9 Å². The molecular formula is C22H32F3N5O4. The predicted octanol–water partition coefficient (Wildman–Crippen LogP) is 2.68. The van der Waals surface area contributed by atoms with E-state index >= 15 is 0 Å². The SMILES string of the molecule is COCCNC(=O)CC1CN(Cc2cnn(C(C)C)c2)Cc2cccn2C1.O=C(O)C(F)(F)F. The summed E-state index contributed by atoms with van der Waals surface area (Å²) < 4.78 is 41.0. The molecule has 0 aromatic carbocycles. The minimum Gasteiger partial charge on any atom is -0.475 e. The van der Waals surface area contributed by atoms with Crippen LogP contribution in [-0.2, 0) is 34.0 Å². The monoisotopic (exact) mass is 487 g/mol. The number of fused-ring (bicyclic) bond motifs is 1. The van der Waals surface area contributed by atoms with Crippen molar-refractivity contribution in [3.05, 3.63) is 42.0 Å². The van der Waals surface area contributed by atoms with Crippen molar-refractivity contribution in [3.63, 3.8) is 0 Å². The fourth-order valence-corrected chi connectivity index (χ4v) is 3.64. The largest absolute Gasteiger partial charge is 0.490 e. The second-order valence-corrected chi connectivity index (χ2v) is 8.46. The number of halogens is 3. The molecule has 3 heterocycles. The lowest BCUT2D eigenvalue weighted by Crippen LogP contribution is -2.33. The molecule has 1 unspecified atom stereocenters. The maximum atomic E-state index is 12.3. The number of nitrogens with one attached hydrogen (secondary N) is 1. The Balaban J connectivity index is 0.000000509. The van der Waals surface area contributed by atoms with Gasteiger partial charge in [0.2, 0.25) is 5.91 Å². The minimum atomic E-state index is -5.08. The Bertz CT molecular complexity index is 926. The van der Waals surface area contributed by atoms with Crippen LogP contribution in [0.15, 0.2) is 30.7 Å². The van der Waals surface area contributed by atoms with E-state index in [0.29, 0.717) is 25.6 Å². The van der Waals surface area contributed by atoms with Crippen LogP contribution >= 0.6 is 0 Å². The maximum absolute atomic E-state index is 12.3. The van der Waals surface area contributed by atoms with E-state index in [9.17, 15) is 18.0 Å². The van der Waals surface area contributed by atoms with E-state index in [0.717, 1.165) is 26.2 Å². The highest BCUT2D eigenvalue weighted by Crippen LogP contribution is 2.21. The van der Waals surface area contributed by atoms with Gasteiger partial charge in [-0.25, -0.2) is 4.79 Å². The van der Waals surface area contributed by atoms with Crippen LogP contribution in [0, 0.1) is 5.92 Å². The number of rotatable bonds is 8. The van der Waals surface area contributed by atoms with Gasteiger partial charge < -0.3 is 19.7 Å². The summed E-state index contributed by atoms with van der Waals surface area (Å²) in [4.78, 5) is 23.6. The standard InChI is InChI=1S/C20H31N5O2.C2HF3O2/c1-16(2)25-14-18(10-22-25)12-23-11-17(9-20(26)21-6-8-27-3)13-24-7-4-5-19(24)15-23;3-2(4,5)1(6)7/h4-5,7,10,14,16-17H,6,8-9,11-13,15H2,1-3H3,(H,21,26);(H,6,7). The number of nitrogens with zero attached hydrogens (tertiary/aromatic N) is 4. The number of hydrogen-bond acceptors (Lipinski definition) is 5. The van der Waals surface area contributed by atoms with Gasteiger partial charge in [0.05, 0.1) is 12.8 Å². The van der Waals surface area contributed by atoms with E-state index in [1.807, 2.05) is 10.9 Å². The van der Waals surface area contributed by atoms with Gasteiger partial charge in [0.25, 0.3) is 0 Å². The van der Waals surface area contributed by atoms with Crippen molar-refractivity contribution in [3.8, 4) is 0 Å². The average molecular weight is 488 g/mol. The van der Waals surface area contributed by atoms with Crippen LogP contribution in [0.1, 0.15) is 37.6 Å². The molecule has 12 heteroatoms. The minimum absolute atomic E-state index is 0.0974. The third-order valence-electron chi connectivity index (χ3n) is 5.22. The number of hydrogen-bond donors (Lipinski definition) is 2. The van der Waals surface area contributed by atoms with Crippen LogP contribution < -0.4 is 5.32 Å². The first-order chi connectivity index (χ1) is 16.0. The highest BCUT2D eigenvalue weighted by Gasteiger charge is 2.38. The van der Waals surface area contributed by atoms with Crippen molar-refractivity contribution < 1.29 is 32.6 Å². The smallest absolute Gasteiger partial charge is 0.475 e. The second kappa shape index (κ2) is 12.6. The molecule has 0 bridgehead atoms. The molecule has 0 saturated carbocycles. The normalized spacial score (nSPS) is 16.4. The molecule has 0 spiro atoms. The van der Waals surface area contributed by atoms with Crippen molar-refractivity contribution in [2.24, 2.45) is 5.92 Å². The van der Waals surface area contributed by atoms with E-state index in [2.05, 4.69) is 58.3 Å². The number of aliphatic carboxylic acids is 1. The molecule has 0 aliphatic carbocycles. The average Bonchev–Trinajstić information content (AvgIpc) is 3.34. The quantitative estimate of drug-likeness (QED) is 0.556. The van der Waals surface area contributed by atoms with Crippen molar-refractivity contribution in [2.75, 3.05) is 26.8 Å². The number of carboxylic acids is 1. The number of carbonyl (C=O) groups excluding carboxylic acids is 1. The van der Waals surface area contributed by atoms with Crippen LogP contribution in [0.5, 0.6) is 0 Å². The van der Waals surface area contributed by atoms with Crippen LogP contribution in [0.25, 0.3) is 0 Å². The zero-order valence-electron chi connectivity index (χ0n) is 19.6. The molecule has 0 radical (unpaired) electrons. The lowest BCUT2D eigenvalue weighted by molar-refractivity contribution is -0.192. The van der Waals surface area contributed by atoms with Crippen molar-refractivity contribution in [1.29, 1.82) is 0 Å². The molecule has 1 aliphatic rings. The first kappa shape index (κ1) is 27.4. The van der Waals surface area contributed by atoms with Crippen LogP contribution in [0.3, 0.4) is 0 Å². The summed E-state index contributed by atoms with van der Waals surface area (Å²) in [6.45, 7) is 8.88. The number of ether oxygens (including phenoxy) is 1. The molecule has 2 aromatic heterocycles. The molecule has 190 valence electrons. The van der Waals surface area contributed by atoms with Gasteiger partial charge in [-0.2, -0.15) is 18.3 Å². The summed E-state index contributed by atoms with van der Waals surface area (Å²) in [5.74, 6) is -2.38. The van der Waals surface area contributed by atoms with E-state index in [4.69, 9.17) is 14.6 Å². The highest BCUT2D eigenvalue weighted by molar-refractivity contribution is 5.76. The first-order valence-electron chi connectivity index (χ1n) is 10.9. The fraction of sp³-hybridized carbons (Fsp3) is 0.591. The predicted molar refractivity (Wildman–Crippen MR) is 118 cm³/mol. The molecule has 3 rings (SSSR count). The Kier molecular flexibility index (Phi) is 10.1. The zero-order chi connectivity index (χ0) is 25.3. The molecule has 2 N–H and O–H groups in total. The van der Waals surface area contributed by atoms with Gasteiger partial charge in [-0.1, -0.05) is 0 Å². The molecule has 34 heavy (non-hydrogen) atoms. The summed E-state index contributed by atoms with van der Waals surface area (Å²) in [6.07, 6.45) is 1.64. The summed E-state index contributed by atoms with van der Waals surface area (Å²) in [5.41, 5.74) is 2.51. The number of aromatic nitrogens is 3. The Morgan fingerprint density at radius 3 is 2.62 bits per heavy atom. The lowest BCUT2D eigenvalue weighted by Gasteiger charge is -2.23. The van der Waals surface area contributed by atoms with Gasteiger partial charge in [0.1, 0.15) is 0 Å². The van der Waals surface area contributed by atoms with Crippen molar-refractivity contribution in [2.45, 2.75) is 52.1 Å². The molecular weight excluding hydrogens is 455 g/mol. The fourth-order valence-electron chi connectivity index (χ4n) is 3.64. The third kappa shape index (κ3) is 8.82. The van der Waals surface area contributed by atoms with Crippen molar-refractivity contribution in [1.82, 2.24) is 24.6 Å². The number of alkyl halides is 3. The molecule has 9 nitrogen and oxygen atoms in total. The molecule has 0 fully saturated rings. The highest BCUT2D eigenvalue weighted by atomic mass is 19.4. The summed E-state index contributed by atoms with van der Waals surface area (Å²) in [7, 11) is 1.64. The topological polar surface area (TPSA) is 102 Å². The maximum Gasteiger partial charge on any atom is 0.490 e. The van der Waals surface area contributed by atoms with Crippen LogP contribution in [0.2, 0.25) is 0 Å². The van der Waals surface area contributed by atoms with Crippen LogP contribution in [-0.4, -0.2) is 69.2 Å². The molecule has 1 atom stereocenters. The van der Waals surface area contributed by atoms with Gasteiger partial charge in [-0.05, 0) is 31.9 Å². The summed E-state index contributed by atoms with van der Waals surface area (Å²) in [5, 5.41) is 14.5. The van der Waals surface area contributed by atoms with E-state index in [-0.39, 0.29) is 11.8 Å². The number of amides is 1. The first-order valence-corrected chi connectivity index (χ1v) is 10.9. The zero-order valence-corrected chi connectivity index (χ0v) is 19.6. The van der Waals surface area contributed by atoms with Gasteiger partial charge in [-0.3, -0.25) is 14.4 Å². The molecule has 2 aromatic rings. The number of carbonyl (C=O) groups is 2. The van der Waals surface area contributed by atoms with E-state index in [1.54, 1.807) is 7.11 Å². The van der Waals surface area contributed by atoms with Gasteiger partial charge >= 0.3 is 12.1 Å². The summed E-state index contributed by atoms with van der Waals surface area (Å²) >= 11 is 0. The lowest BCUT2D eigenvalue weighted by atomic mass is 10.0. The Labute approximate surface area is 196 Å². The Morgan fingerprint density at radius 1 is 1.32 bits per heavy atom. The van der Waals surface area contributed by atoms with Gasteiger partial charge in [-0.15, -0.1) is 0 Å². The van der Waals surface area contributed by atoms with Gasteiger partial charge in [0.15, 0.2) is 0 Å². The molecule has 1 aliphatic heterocycles. The molecule has 0 saturated heterocycles. The number of carboxylic acid groups (broad SMARTS) is 1. The van der Waals surface area contributed by atoms with E-state index < -0.39 is 12.1 Å². The second-order valence-electron chi connectivity index (χ2n) is 8.46. The molecule has 1 amide bonds.